The lowest BCUT2D eigenvalue weighted by molar-refractivity contribution is 0.386. The SMILES string of the molecule is COc1ccc(N2CCN(c3nc4ccccc4c(=O)[nH]3)CC2)cc1F. The number of nitrogens with zero attached hydrogens (tertiary/aromatic N) is 3. The molecule has 1 aromatic heterocycles. The number of ether oxygens (including phenoxy) is 1. The number of methoxy groups -OCH3 is 1. The highest BCUT2D eigenvalue weighted by atomic mass is 19.1. The van der Waals surface area contributed by atoms with Crippen molar-refractivity contribution in [3.05, 3.63) is 58.6 Å². The zero-order valence-corrected chi connectivity index (χ0v) is 14.4. The van der Waals surface area contributed by atoms with Gasteiger partial charge in [-0.05, 0) is 24.3 Å². The van der Waals surface area contributed by atoms with Crippen molar-refractivity contribution in [3.8, 4) is 5.75 Å². The number of H-pyrrole nitrogens is 1. The Morgan fingerprint density at radius 3 is 2.54 bits per heavy atom. The standard InChI is InChI=1S/C19H19FN4O2/c1-26-17-7-6-13(12-15(17)20)23-8-10-24(11-9-23)19-21-16-5-3-2-4-14(16)18(25)22-19/h2-7,12H,8-11H2,1H3,(H,21,22,25). The summed E-state index contributed by atoms with van der Waals surface area (Å²) in [5.74, 6) is 0.451. The van der Waals surface area contributed by atoms with Crippen molar-refractivity contribution in [1.82, 2.24) is 9.97 Å². The van der Waals surface area contributed by atoms with E-state index < -0.39 is 0 Å². The molecule has 0 bridgehead atoms. The average Bonchev–Trinajstić information content (AvgIpc) is 2.68. The van der Waals surface area contributed by atoms with Crippen LogP contribution in [-0.2, 0) is 0 Å². The van der Waals surface area contributed by atoms with E-state index >= 15 is 0 Å². The summed E-state index contributed by atoms with van der Waals surface area (Å²) >= 11 is 0. The molecule has 26 heavy (non-hydrogen) atoms. The summed E-state index contributed by atoms with van der Waals surface area (Å²) in [4.78, 5) is 23.8. The van der Waals surface area contributed by atoms with Crippen LogP contribution < -0.4 is 20.1 Å². The maximum Gasteiger partial charge on any atom is 0.260 e. The Bertz CT molecular complexity index is 996. The normalized spacial score (nSPS) is 14.7. The second-order valence-corrected chi connectivity index (χ2v) is 6.20. The van der Waals surface area contributed by atoms with Gasteiger partial charge in [-0.2, -0.15) is 0 Å². The van der Waals surface area contributed by atoms with Gasteiger partial charge in [0.15, 0.2) is 11.6 Å². The van der Waals surface area contributed by atoms with Gasteiger partial charge in [-0.3, -0.25) is 9.78 Å². The van der Waals surface area contributed by atoms with Gasteiger partial charge in [-0.15, -0.1) is 0 Å². The highest BCUT2D eigenvalue weighted by Gasteiger charge is 2.20. The van der Waals surface area contributed by atoms with Crippen molar-refractivity contribution in [2.24, 2.45) is 0 Å². The quantitative estimate of drug-likeness (QED) is 0.783. The summed E-state index contributed by atoms with van der Waals surface area (Å²) in [6.07, 6.45) is 0. The van der Waals surface area contributed by atoms with E-state index in [0.717, 1.165) is 5.69 Å². The van der Waals surface area contributed by atoms with E-state index in [1.54, 1.807) is 12.1 Å². The Kier molecular flexibility index (Phi) is 4.20. The first-order valence-corrected chi connectivity index (χ1v) is 8.48. The van der Waals surface area contributed by atoms with Gasteiger partial charge in [0.1, 0.15) is 0 Å². The van der Waals surface area contributed by atoms with Crippen LogP contribution in [0.15, 0.2) is 47.3 Å². The van der Waals surface area contributed by atoms with Crippen molar-refractivity contribution < 1.29 is 9.13 Å². The number of fused-ring (bicyclic) bond motifs is 1. The fourth-order valence-corrected chi connectivity index (χ4v) is 3.25. The molecule has 0 radical (unpaired) electrons. The largest absolute Gasteiger partial charge is 0.494 e. The average molecular weight is 354 g/mol. The summed E-state index contributed by atoms with van der Waals surface area (Å²) in [5.41, 5.74) is 1.37. The molecule has 3 aromatic rings. The zero-order chi connectivity index (χ0) is 18.1. The number of anilines is 2. The Morgan fingerprint density at radius 1 is 1.08 bits per heavy atom. The molecule has 1 N–H and O–H groups in total. The third-order valence-corrected chi connectivity index (χ3v) is 4.68. The lowest BCUT2D eigenvalue weighted by Crippen LogP contribution is -2.47. The third-order valence-electron chi connectivity index (χ3n) is 4.68. The van der Waals surface area contributed by atoms with E-state index in [4.69, 9.17) is 4.74 Å². The van der Waals surface area contributed by atoms with Crippen LogP contribution in [0.25, 0.3) is 10.9 Å². The molecule has 7 heteroatoms. The van der Waals surface area contributed by atoms with Crippen LogP contribution in [0, 0.1) is 5.82 Å². The summed E-state index contributed by atoms with van der Waals surface area (Å²) < 4.78 is 18.9. The molecule has 2 heterocycles. The number of benzene rings is 2. The Labute approximate surface area is 149 Å². The predicted octanol–water partition coefficient (Wildman–Crippen LogP) is 2.40. The molecular formula is C19H19FN4O2. The van der Waals surface area contributed by atoms with Gasteiger partial charge in [-0.1, -0.05) is 12.1 Å². The number of hydrogen-bond acceptors (Lipinski definition) is 5. The number of rotatable bonds is 3. The fraction of sp³-hybridized carbons (Fsp3) is 0.263. The van der Waals surface area contributed by atoms with Gasteiger partial charge in [0.25, 0.3) is 5.56 Å². The van der Waals surface area contributed by atoms with Crippen molar-refractivity contribution in [2.75, 3.05) is 43.1 Å². The second kappa shape index (κ2) is 6.67. The minimum atomic E-state index is -0.368. The van der Waals surface area contributed by atoms with E-state index in [-0.39, 0.29) is 17.1 Å². The maximum atomic E-state index is 13.9. The van der Waals surface area contributed by atoms with Gasteiger partial charge >= 0.3 is 0 Å². The van der Waals surface area contributed by atoms with Crippen LogP contribution in [0.3, 0.4) is 0 Å². The number of aromatic nitrogens is 2. The molecule has 134 valence electrons. The molecule has 6 nitrogen and oxygen atoms in total. The number of aromatic amines is 1. The van der Waals surface area contributed by atoms with Gasteiger partial charge in [0.05, 0.1) is 18.0 Å². The lowest BCUT2D eigenvalue weighted by Gasteiger charge is -2.36. The first-order valence-electron chi connectivity index (χ1n) is 8.48. The topological polar surface area (TPSA) is 61.5 Å². The number of halogens is 1. The smallest absolute Gasteiger partial charge is 0.260 e. The van der Waals surface area contributed by atoms with Crippen LogP contribution in [-0.4, -0.2) is 43.3 Å². The molecule has 0 amide bonds. The molecule has 1 saturated heterocycles. The second-order valence-electron chi connectivity index (χ2n) is 6.20. The Morgan fingerprint density at radius 2 is 1.81 bits per heavy atom. The summed E-state index contributed by atoms with van der Waals surface area (Å²) in [6, 6.07) is 12.3. The van der Waals surface area contributed by atoms with Crippen LogP contribution in [0.2, 0.25) is 0 Å². The molecular weight excluding hydrogens is 335 g/mol. The van der Waals surface area contributed by atoms with Crippen molar-refractivity contribution in [3.63, 3.8) is 0 Å². The highest BCUT2D eigenvalue weighted by Crippen LogP contribution is 2.25. The monoisotopic (exact) mass is 354 g/mol. The minimum absolute atomic E-state index is 0.134. The van der Waals surface area contributed by atoms with E-state index in [9.17, 15) is 9.18 Å². The van der Waals surface area contributed by atoms with Crippen molar-refractivity contribution in [2.45, 2.75) is 0 Å². The summed E-state index contributed by atoms with van der Waals surface area (Å²) in [6.45, 7) is 2.80. The molecule has 2 aromatic carbocycles. The molecule has 0 unspecified atom stereocenters. The number of piperazine rings is 1. The Hall–Kier alpha value is -3.09. The van der Waals surface area contributed by atoms with Gasteiger partial charge in [0.2, 0.25) is 5.95 Å². The first-order chi connectivity index (χ1) is 12.7. The van der Waals surface area contributed by atoms with Gasteiger partial charge in [0, 0.05) is 37.9 Å². The van der Waals surface area contributed by atoms with Crippen LogP contribution in [0.1, 0.15) is 0 Å². The number of nitrogens with one attached hydrogen (secondary N) is 1. The molecule has 1 aliphatic heterocycles. The third kappa shape index (κ3) is 2.96. The van der Waals surface area contributed by atoms with Gasteiger partial charge in [-0.25, -0.2) is 9.37 Å². The minimum Gasteiger partial charge on any atom is -0.494 e. The summed E-state index contributed by atoms with van der Waals surface area (Å²) in [5, 5.41) is 0.587. The maximum absolute atomic E-state index is 13.9. The first kappa shape index (κ1) is 16.4. The number of para-hydroxylation sites is 1. The molecule has 0 spiro atoms. The molecule has 1 fully saturated rings. The predicted molar refractivity (Wildman–Crippen MR) is 99.7 cm³/mol. The summed E-state index contributed by atoms with van der Waals surface area (Å²) in [7, 11) is 1.45. The highest BCUT2D eigenvalue weighted by molar-refractivity contribution is 5.78. The molecule has 1 aliphatic rings. The lowest BCUT2D eigenvalue weighted by atomic mass is 10.2. The van der Waals surface area contributed by atoms with Crippen LogP contribution in [0.4, 0.5) is 16.0 Å². The van der Waals surface area contributed by atoms with E-state index in [2.05, 4.69) is 14.9 Å². The van der Waals surface area contributed by atoms with Gasteiger partial charge < -0.3 is 14.5 Å². The molecule has 0 atom stereocenters. The molecule has 4 rings (SSSR count). The van der Waals surface area contributed by atoms with E-state index in [1.165, 1.54) is 13.2 Å². The fourth-order valence-electron chi connectivity index (χ4n) is 3.25. The van der Waals surface area contributed by atoms with Crippen LogP contribution in [0.5, 0.6) is 5.75 Å². The van der Waals surface area contributed by atoms with E-state index in [0.29, 0.717) is 43.0 Å². The van der Waals surface area contributed by atoms with Crippen LogP contribution >= 0.6 is 0 Å². The van der Waals surface area contributed by atoms with Crippen molar-refractivity contribution >= 4 is 22.5 Å². The zero-order valence-electron chi connectivity index (χ0n) is 14.4. The van der Waals surface area contributed by atoms with E-state index in [1.807, 2.05) is 29.2 Å². The number of hydrogen-bond donors (Lipinski definition) is 1. The Balaban J connectivity index is 1.52. The van der Waals surface area contributed by atoms with Crippen molar-refractivity contribution in [1.29, 1.82) is 0 Å². The molecule has 0 saturated carbocycles. The molecule has 0 aliphatic carbocycles.